The Morgan fingerprint density at radius 1 is 1.50 bits per heavy atom. The second-order valence-corrected chi connectivity index (χ2v) is 4.36. The summed E-state index contributed by atoms with van der Waals surface area (Å²) in [5.41, 5.74) is -1.55. The second-order valence-electron chi connectivity index (χ2n) is 2.98. The summed E-state index contributed by atoms with van der Waals surface area (Å²) in [7, 11) is -3.72. The van der Waals surface area contributed by atoms with Crippen LogP contribution < -0.4 is 21.0 Å². The van der Waals surface area contributed by atoms with Crippen LogP contribution in [0.4, 0.5) is 0 Å². The quantitative estimate of drug-likeness (QED) is 0.379. The van der Waals surface area contributed by atoms with Crippen LogP contribution in [-0.4, -0.2) is 29.7 Å². The molecule has 0 spiro atoms. The highest BCUT2D eigenvalue weighted by molar-refractivity contribution is 7.87. The SMILES string of the molecule is NS(=O)(=O)NCCCn1cn[nH]c(=O)c1=O. The van der Waals surface area contributed by atoms with Crippen LogP contribution in [0.1, 0.15) is 6.42 Å². The highest BCUT2D eigenvalue weighted by atomic mass is 32.2. The maximum absolute atomic E-state index is 11.2. The molecule has 1 rings (SSSR count). The molecule has 1 heterocycles. The summed E-state index contributed by atoms with van der Waals surface area (Å²) in [5.74, 6) is 0. The zero-order chi connectivity index (χ0) is 12.2. The fraction of sp³-hybridized carbons (Fsp3) is 0.500. The van der Waals surface area contributed by atoms with Gasteiger partial charge in [0.05, 0.1) is 0 Å². The molecule has 0 saturated carbocycles. The van der Waals surface area contributed by atoms with E-state index in [1.807, 2.05) is 5.10 Å². The van der Waals surface area contributed by atoms with Gasteiger partial charge in [0.15, 0.2) is 0 Å². The molecule has 0 unspecified atom stereocenters. The lowest BCUT2D eigenvalue weighted by Gasteiger charge is -2.03. The van der Waals surface area contributed by atoms with Crippen molar-refractivity contribution < 1.29 is 8.42 Å². The Morgan fingerprint density at radius 3 is 2.81 bits per heavy atom. The Labute approximate surface area is 90.5 Å². The summed E-state index contributed by atoms with van der Waals surface area (Å²) < 4.78 is 24.1. The van der Waals surface area contributed by atoms with Crippen molar-refractivity contribution in [1.29, 1.82) is 0 Å². The molecule has 0 radical (unpaired) electrons. The van der Waals surface area contributed by atoms with Crippen molar-refractivity contribution in [2.24, 2.45) is 5.14 Å². The molecule has 0 aliphatic heterocycles. The van der Waals surface area contributed by atoms with Gasteiger partial charge in [-0.05, 0) is 6.42 Å². The van der Waals surface area contributed by atoms with Crippen molar-refractivity contribution >= 4 is 10.2 Å². The highest BCUT2D eigenvalue weighted by Gasteiger charge is 2.02. The Kier molecular flexibility index (Phi) is 3.93. The predicted molar refractivity (Wildman–Crippen MR) is 54.8 cm³/mol. The Balaban J connectivity index is 2.53. The van der Waals surface area contributed by atoms with E-state index in [4.69, 9.17) is 5.14 Å². The molecule has 16 heavy (non-hydrogen) atoms. The fourth-order valence-corrected chi connectivity index (χ4v) is 1.44. The third kappa shape index (κ3) is 3.92. The Hall–Kier alpha value is -1.52. The summed E-state index contributed by atoms with van der Waals surface area (Å²) in [5, 5.41) is 10.1. The molecule has 0 fully saturated rings. The van der Waals surface area contributed by atoms with E-state index in [2.05, 4.69) is 9.82 Å². The van der Waals surface area contributed by atoms with Crippen LogP contribution in [0.15, 0.2) is 15.9 Å². The van der Waals surface area contributed by atoms with E-state index in [1.54, 1.807) is 0 Å². The number of aromatic nitrogens is 3. The van der Waals surface area contributed by atoms with Crippen molar-refractivity contribution in [3.8, 4) is 0 Å². The number of aryl methyl sites for hydroxylation is 1. The molecule has 0 bridgehead atoms. The molecule has 0 aliphatic rings. The maximum atomic E-state index is 11.2. The van der Waals surface area contributed by atoms with Crippen LogP contribution in [0.3, 0.4) is 0 Å². The standard InChI is InChI=1S/C6H11N5O4S/c7-16(14,15)9-2-1-3-11-4-8-10-5(12)6(11)13/h4,9H,1-3H2,(H,10,12)(H2,7,14,15). The number of nitrogens with one attached hydrogen (secondary N) is 2. The topological polar surface area (TPSA) is 140 Å². The van der Waals surface area contributed by atoms with Gasteiger partial charge in [0.1, 0.15) is 6.33 Å². The average Bonchev–Trinajstić information content (AvgIpc) is 2.17. The van der Waals surface area contributed by atoms with E-state index in [1.165, 1.54) is 6.33 Å². The summed E-state index contributed by atoms with van der Waals surface area (Å²) >= 11 is 0. The van der Waals surface area contributed by atoms with Crippen molar-refractivity contribution in [3.05, 3.63) is 27.0 Å². The minimum absolute atomic E-state index is 0.0814. The van der Waals surface area contributed by atoms with E-state index in [9.17, 15) is 18.0 Å². The van der Waals surface area contributed by atoms with Gasteiger partial charge in [-0.25, -0.2) is 15.0 Å². The van der Waals surface area contributed by atoms with Crippen LogP contribution in [0, 0.1) is 0 Å². The first-order valence-electron chi connectivity index (χ1n) is 4.31. The third-order valence-corrected chi connectivity index (χ3v) is 2.30. The molecule has 90 valence electrons. The molecular weight excluding hydrogens is 238 g/mol. The van der Waals surface area contributed by atoms with Crippen molar-refractivity contribution in [2.75, 3.05) is 6.54 Å². The van der Waals surface area contributed by atoms with Gasteiger partial charge in [0.2, 0.25) is 0 Å². The number of aromatic amines is 1. The zero-order valence-electron chi connectivity index (χ0n) is 8.21. The largest absolute Gasteiger partial charge is 0.330 e. The minimum atomic E-state index is -3.72. The number of H-pyrrole nitrogens is 1. The van der Waals surface area contributed by atoms with Gasteiger partial charge in [0, 0.05) is 13.1 Å². The number of nitrogens with zero attached hydrogens (tertiary/aromatic N) is 2. The fourth-order valence-electron chi connectivity index (χ4n) is 1.01. The van der Waals surface area contributed by atoms with E-state index in [0.717, 1.165) is 4.57 Å². The van der Waals surface area contributed by atoms with Crippen LogP contribution in [-0.2, 0) is 16.8 Å². The normalized spacial score (nSPS) is 11.6. The molecule has 10 heteroatoms. The van der Waals surface area contributed by atoms with Crippen LogP contribution in [0.2, 0.25) is 0 Å². The van der Waals surface area contributed by atoms with Crippen molar-refractivity contribution in [3.63, 3.8) is 0 Å². The van der Waals surface area contributed by atoms with Gasteiger partial charge < -0.3 is 0 Å². The first-order chi connectivity index (χ1) is 7.40. The molecule has 1 aromatic rings. The Bertz CT molecular complexity index is 559. The van der Waals surface area contributed by atoms with Gasteiger partial charge in [-0.3, -0.25) is 14.2 Å². The van der Waals surface area contributed by atoms with Crippen molar-refractivity contribution in [1.82, 2.24) is 19.5 Å². The van der Waals surface area contributed by atoms with Gasteiger partial charge >= 0.3 is 11.1 Å². The monoisotopic (exact) mass is 249 g/mol. The van der Waals surface area contributed by atoms with Crippen molar-refractivity contribution in [2.45, 2.75) is 13.0 Å². The second kappa shape index (κ2) is 5.01. The highest BCUT2D eigenvalue weighted by Crippen LogP contribution is 1.82. The van der Waals surface area contributed by atoms with E-state index in [0.29, 0.717) is 6.42 Å². The molecule has 0 amide bonds. The first-order valence-corrected chi connectivity index (χ1v) is 5.86. The zero-order valence-corrected chi connectivity index (χ0v) is 9.03. The molecular formula is C6H11N5O4S. The molecule has 0 atom stereocenters. The minimum Gasteiger partial charge on any atom is -0.293 e. The van der Waals surface area contributed by atoms with E-state index >= 15 is 0 Å². The van der Waals surface area contributed by atoms with Crippen LogP contribution in [0.25, 0.3) is 0 Å². The number of hydrogen-bond donors (Lipinski definition) is 3. The molecule has 1 aromatic heterocycles. The van der Waals surface area contributed by atoms with Crippen LogP contribution in [0.5, 0.6) is 0 Å². The van der Waals surface area contributed by atoms with Gasteiger partial charge in [-0.1, -0.05) is 0 Å². The van der Waals surface area contributed by atoms with Gasteiger partial charge in [0.25, 0.3) is 10.2 Å². The van der Waals surface area contributed by atoms with E-state index in [-0.39, 0.29) is 13.1 Å². The summed E-state index contributed by atoms with van der Waals surface area (Å²) in [6, 6.07) is 0. The third-order valence-electron chi connectivity index (χ3n) is 1.70. The molecule has 4 N–H and O–H groups in total. The van der Waals surface area contributed by atoms with Crippen LogP contribution >= 0.6 is 0 Å². The molecule has 0 saturated heterocycles. The van der Waals surface area contributed by atoms with Gasteiger partial charge in [-0.2, -0.15) is 13.5 Å². The lowest BCUT2D eigenvalue weighted by molar-refractivity contribution is 0.561. The number of hydrogen-bond acceptors (Lipinski definition) is 5. The summed E-state index contributed by atoms with van der Waals surface area (Å²) in [6.07, 6.45) is 1.49. The summed E-state index contributed by atoms with van der Waals surface area (Å²) in [6.45, 7) is 0.260. The lowest BCUT2D eigenvalue weighted by Crippen LogP contribution is -2.37. The smallest absolute Gasteiger partial charge is 0.293 e. The van der Waals surface area contributed by atoms with E-state index < -0.39 is 21.3 Å². The molecule has 0 aromatic carbocycles. The Morgan fingerprint density at radius 2 is 2.19 bits per heavy atom. The van der Waals surface area contributed by atoms with Gasteiger partial charge in [-0.15, -0.1) is 0 Å². The molecule has 9 nitrogen and oxygen atoms in total. The summed E-state index contributed by atoms with van der Waals surface area (Å²) in [4.78, 5) is 22.0. The molecule has 0 aliphatic carbocycles. The lowest BCUT2D eigenvalue weighted by atomic mass is 10.4. The number of nitrogens with two attached hydrogens (primary N) is 1. The predicted octanol–water partition coefficient (Wildman–Crippen LogP) is -2.89. The number of rotatable bonds is 5. The average molecular weight is 249 g/mol. The maximum Gasteiger partial charge on any atom is 0.330 e. The first kappa shape index (κ1) is 12.5.